The monoisotopic (exact) mass is 650 g/mol. The first-order chi connectivity index (χ1) is 21.5. The molecule has 0 aliphatic carbocycles. The molecule has 4 aromatic carbocycles. The van der Waals surface area contributed by atoms with Gasteiger partial charge in [-0.15, -0.1) is 0 Å². The highest BCUT2D eigenvalue weighted by Crippen LogP contribution is 2.35. The van der Waals surface area contributed by atoms with Gasteiger partial charge in [-0.05, 0) is 54.8 Å². The van der Waals surface area contributed by atoms with E-state index in [2.05, 4.69) is 10.6 Å². The summed E-state index contributed by atoms with van der Waals surface area (Å²) in [6.07, 6.45) is -0.735. The Hall–Kier alpha value is -4.16. The van der Waals surface area contributed by atoms with Crippen LogP contribution in [0, 0.1) is 5.92 Å². The number of fused-ring (bicyclic) bond motifs is 2. The van der Waals surface area contributed by atoms with Crippen LogP contribution in [0.5, 0.6) is 5.75 Å². The average molecular weight is 651 g/mol. The number of aliphatic hydroxyl groups excluding tert-OH is 1. The number of aliphatic hydroxyl groups is 1. The highest BCUT2D eigenvalue weighted by Gasteiger charge is 2.36. The van der Waals surface area contributed by atoms with E-state index in [-0.39, 0.29) is 53.4 Å². The maximum absolute atomic E-state index is 13.8. The van der Waals surface area contributed by atoms with Crippen LogP contribution >= 0.6 is 11.6 Å². The highest BCUT2D eigenvalue weighted by molar-refractivity contribution is 7.89. The van der Waals surface area contributed by atoms with Gasteiger partial charge in [-0.25, -0.2) is 13.2 Å². The molecular weight excluding hydrogens is 616 g/mol. The number of sulfonamides is 1. The van der Waals surface area contributed by atoms with Crippen molar-refractivity contribution in [2.45, 2.75) is 30.9 Å². The van der Waals surface area contributed by atoms with Crippen LogP contribution < -0.4 is 15.4 Å². The molecule has 12 heteroatoms. The predicted octanol–water partition coefficient (Wildman–Crippen LogP) is 5.68. The first kappa shape index (κ1) is 32.2. The summed E-state index contributed by atoms with van der Waals surface area (Å²) in [5, 5.41) is 17.9. The molecule has 5 rings (SSSR count). The number of amides is 3. The Bertz CT molecular complexity index is 1810. The fourth-order valence-electron chi connectivity index (χ4n) is 5.31. The smallest absolute Gasteiger partial charge is 0.323 e. The number of carbonyl (C=O) groups is 2. The predicted molar refractivity (Wildman–Crippen MR) is 175 cm³/mol. The molecule has 0 spiro atoms. The molecule has 10 nitrogen and oxygen atoms in total. The Labute approximate surface area is 267 Å². The number of hydrogen-bond acceptors (Lipinski definition) is 6. The van der Waals surface area contributed by atoms with E-state index in [4.69, 9.17) is 16.3 Å². The maximum Gasteiger partial charge on any atom is 0.323 e. The van der Waals surface area contributed by atoms with Gasteiger partial charge in [-0.1, -0.05) is 61.0 Å². The molecule has 1 aliphatic heterocycles. The number of ether oxygens (including phenoxy) is 1. The Morgan fingerprint density at radius 3 is 2.40 bits per heavy atom. The van der Waals surface area contributed by atoms with Crippen molar-refractivity contribution < 1.29 is 27.9 Å². The number of halogens is 1. The summed E-state index contributed by atoms with van der Waals surface area (Å²) in [6, 6.07) is 22.9. The lowest BCUT2D eigenvalue weighted by Gasteiger charge is -2.38. The maximum atomic E-state index is 13.8. The molecule has 0 unspecified atom stereocenters. The molecule has 1 aliphatic rings. The molecule has 0 aromatic heterocycles. The molecule has 1 heterocycles. The number of para-hydroxylation sites is 1. The molecule has 3 atom stereocenters. The second-order valence-corrected chi connectivity index (χ2v) is 13.6. The number of hydrogen-bond donors (Lipinski definition) is 3. The minimum absolute atomic E-state index is 0.0579. The number of likely N-dealkylation sites (N-methyl/N-ethyl adjacent to an activating group) is 1. The van der Waals surface area contributed by atoms with Gasteiger partial charge in [0.1, 0.15) is 6.10 Å². The van der Waals surface area contributed by atoms with Crippen LogP contribution in [0.1, 0.15) is 24.2 Å². The number of anilines is 2. The topological polar surface area (TPSA) is 128 Å². The summed E-state index contributed by atoms with van der Waals surface area (Å²) in [5.41, 5.74) is 1.01. The largest absolute Gasteiger partial charge is 0.486 e. The van der Waals surface area contributed by atoms with E-state index in [0.717, 1.165) is 10.8 Å². The second kappa shape index (κ2) is 13.5. The van der Waals surface area contributed by atoms with Crippen molar-refractivity contribution in [3.05, 3.63) is 95.5 Å². The molecule has 0 saturated heterocycles. The van der Waals surface area contributed by atoms with Crippen molar-refractivity contribution in [2.75, 3.05) is 37.4 Å². The molecule has 0 radical (unpaired) electrons. The molecule has 45 heavy (non-hydrogen) atoms. The number of benzene rings is 4. The fourth-order valence-corrected chi connectivity index (χ4v) is 6.62. The van der Waals surface area contributed by atoms with Crippen LogP contribution in [0.4, 0.5) is 16.2 Å². The number of rotatable bonds is 8. The lowest BCUT2D eigenvalue weighted by molar-refractivity contribution is 0.0389. The zero-order chi connectivity index (χ0) is 32.3. The third kappa shape index (κ3) is 6.91. The number of nitrogens with zero attached hydrogens (tertiary/aromatic N) is 2. The van der Waals surface area contributed by atoms with E-state index < -0.39 is 28.2 Å². The standard InChI is InChI=1S/C33H35ClN4O6S/c1-21-18-38(22(2)20-39)32(40)27-11-7-13-29(36-33(41)35-28-12-6-9-23-8-4-5-10-26(23)28)31(27)44-30(21)19-37(3)45(42,43)25-16-14-24(34)15-17-25/h4-17,21-22,30,39H,18-20H2,1-3H3,(H2,35,36,41)/t21-,22-,30-/m1/s1. The van der Waals surface area contributed by atoms with Gasteiger partial charge in [0.25, 0.3) is 5.91 Å². The molecule has 4 aromatic rings. The SMILES string of the molecule is C[C@@H]1CN([C@H](C)CO)C(=O)c2cccc(NC(=O)Nc3cccc4ccccc34)c2O[C@@H]1CN(C)S(=O)(=O)c1ccc(Cl)cc1. The summed E-state index contributed by atoms with van der Waals surface area (Å²) >= 11 is 5.97. The minimum Gasteiger partial charge on any atom is -0.486 e. The lowest BCUT2D eigenvalue weighted by Crippen LogP contribution is -2.50. The summed E-state index contributed by atoms with van der Waals surface area (Å²) in [4.78, 5) is 28.7. The second-order valence-electron chi connectivity index (χ2n) is 11.2. The van der Waals surface area contributed by atoms with Crippen molar-refractivity contribution in [3.8, 4) is 5.75 Å². The van der Waals surface area contributed by atoms with Crippen LogP contribution in [0.3, 0.4) is 0 Å². The van der Waals surface area contributed by atoms with Gasteiger partial charge in [0.15, 0.2) is 5.75 Å². The average Bonchev–Trinajstić information content (AvgIpc) is 3.03. The summed E-state index contributed by atoms with van der Waals surface area (Å²) < 4.78 is 34.5. The van der Waals surface area contributed by atoms with E-state index >= 15 is 0 Å². The molecule has 3 N–H and O–H groups in total. The molecular formula is C33H35ClN4O6S. The quantitative estimate of drug-likeness (QED) is 0.225. The van der Waals surface area contributed by atoms with Gasteiger partial charge in [0.05, 0.1) is 41.0 Å². The van der Waals surface area contributed by atoms with Crippen LogP contribution in [-0.4, -0.2) is 73.6 Å². The molecule has 0 bridgehead atoms. The lowest BCUT2D eigenvalue weighted by atomic mass is 9.99. The molecule has 0 fully saturated rings. The van der Waals surface area contributed by atoms with E-state index in [9.17, 15) is 23.1 Å². The number of nitrogens with one attached hydrogen (secondary N) is 2. The van der Waals surface area contributed by atoms with Gasteiger partial charge in [0, 0.05) is 29.9 Å². The first-order valence-electron chi connectivity index (χ1n) is 14.5. The van der Waals surface area contributed by atoms with Crippen molar-refractivity contribution in [1.82, 2.24) is 9.21 Å². The van der Waals surface area contributed by atoms with E-state index in [1.165, 1.54) is 35.6 Å². The minimum atomic E-state index is -3.91. The van der Waals surface area contributed by atoms with Crippen LogP contribution in [0.15, 0.2) is 89.8 Å². The summed E-state index contributed by atoms with van der Waals surface area (Å²) in [7, 11) is -2.45. The number of urea groups is 1. The number of carbonyl (C=O) groups excluding carboxylic acids is 2. The van der Waals surface area contributed by atoms with Crippen molar-refractivity contribution in [3.63, 3.8) is 0 Å². The van der Waals surface area contributed by atoms with Crippen LogP contribution in [0.2, 0.25) is 5.02 Å². The van der Waals surface area contributed by atoms with Crippen molar-refractivity contribution in [2.24, 2.45) is 5.92 Å². The van der Waals surface area contributed by atoms with Crippen molar-refractivity contribution >= 4 is 55.7 Å². The zero-order valence-electron chi connectivity index (χ0n) is 25.1. The van der Waals surface area contributed by atoms with Crippen molar-refractivity contribution in [1.29, 1.82) is 0 Å². The third-order valence-corrected chi connectivity index (χ3v) is 10.0. The Morgan fingerprint density at radius 1 is 1.02 bits per heavy atom. The normalized spacial score (nSPS) is 17.6. The summed E-state index contributed by atoms with van der Waals surface area (Å²) in [5.74, 6) is -0.631. The third-order valence-electron chi connectivity index (χ3n) is 7.94. The Balaban J connectivity index is 1.48. The Kier molecular flexibility index (Phi) is 9.64. The molecule has 236 valence electrons. The van der Waals surface area contributed by atoms with E-state index in [1.807, 2.05) is 43.3 Å². The highest BCUT2D eigenvalue weighted by atomic mass is 35.5. The van der Waals surface area contributed by atoms with Gasteiger partial charge < -0.3 is 25.4 Å². The Morgan fingerprint density at radius 2 is 1.67 bits per heavy atom. The van der Waals surface area contributed by atoms with Crippen LogP contribution in [-0.2, 0) is 10.0 Å². The first-order valence-corrected chi connectivity index (χ1v) is 16.3. The van der Waals surface area contributed by atoms with Gasteiger partial charge >= 0.3 is 6.03 Å². The van der Waals surface area contributed by atoms with Gasteiger partial charge in [0.2, 0.25) is 10.0 Å². The van der Waals surface area contributed by atoms with E-state index in [0.29, 0.717) is 10.7 Å². The van der Waals surface area contributed by atoms with Gasteiger partial charge in [-0.2, -0.15) is 4.31 Å². The summed E-state index contributed by atoms with van der Waals surface area (Å²) in [6.45, 7) is 3.47. The fraction of sp³-hybridized carbons (Fsp3) is 0.273. The molecule has 0 saturated carbocycles. The van der Waals surface area contributed by atoms with Gasteiger partial charge in [-0.3, -0.25) is 4.79 Å². The molecule has 3 amide bonds. The zero-order valence-corrected chi connectivity index (χ0v) is 26.7. The van der Waals surface area contributed by atoms with E-state index in [1.54, 1.807) is 36.1 Å². The van der Waals surface area contributed by atoms with Crippen LogP contribution in [0.25, 0.3) is 10.8 Å².